The Labute approximate surface area is 198 Å². The number of nitrogens with zero attached hydrogens (tertiary/aromatic N) is 3. The number of carbonyl (C=O) groups is 1. The Morgan fingerprint density at radius 2 is 1.76 bits per heavy atom. The highest BCUT2D eigenvalue weighted by Crippen LogP contribution is 2.20. The average molecular weight is 489 g/mol. The van der Waals surface area contributed by atoms with Crippen LogP contribution in [0.2, 0.25) is 0 Å². The lowest BCUT2D eigenvalue weighted by Gasteiger charge is -2.16. The predicted molar refractivity (Wildman–Crippen MR) is 129 cm³/mol. The van der Waals surface area contributed by atoms with Crippen LogP contribution < -0.4 is 5.32 Å². The second kappa shape index (κ2) is 11.4. The van der Waals surface area contributed by atoms with E-state index in [9.17, 15) is 13.2 Å². The molecule has 0 atom stereocenters. The summed E-state index contributed by atoms with van der Waals surface area (Å²) >= 11 is 1.77. The van der Waals surface area contributed by atoms with E-state index in [0.717, 1.165) is 24.2 Å². The van der Waals surface area contributed by atoms with Gasteiger partial charge in [0.05, 0.1) is 11.3 Å². The molecule has 33 heavy (non-hydrogen) atoms. The van der Waals surface area contributed by atoms with Crippen molar-refractivity contribution in [1.82, 2.24) is 14.5 Å². The van der Waals surface area contributed by atoms with Crippen LogP contribution in [0.3, 0.4) is 0 Å². The number of anilines is 1. The third-order valence-corrected chi connectivity index (χ3v) is 7.69. The van der Waals surface area contributed by atoms with E-state index >= 15 is 0 Å². The zero-order valence-corrected chi connectivity index (χ0v) is 20.6. The molecule has 0 saturated heterocycles. The highest BCUT2D eigenvalue weighted by molar-refractivity contribution is 7.99. The van der Waals surface area contributed by atoms with E-state index in [1.807, 2.05) is 31.2 Å². The number of thioether (sulfide) groups is 1. The van der Waals surface area contributed by atoms with E-state index in [2.05, 4.69) is 22.4 Å². The number of unbranched alkanes of at least 4 members (excludes halogenated alkanes) is 1. The number of amides is 1. The number of sulfonamides is 1. The van der Waals surface area contributed by atoms with Crippen LogP contribution in [-0.2, 0) is 16.4 Å². The van der Waals surface area contributed by atoms with Crippen molar-refractivity contribution in [3.8, 4) is 0 Å². The van der Waals surface area contributed by atoms with E-state index in [1.54, 1.807) is 18.8 Å². The van der Waals surface area contributed by atoms with Crippen molar-refractivity contribution in [3.63, 3.8) is 0 Å². The minimum absolute atomic E-state index is 0.0100. The molecule has 0 spiro atoms. The number of hydrogen-bond donors (Lipinski definition) is 1. The quantitative estimate of drug-likeness (QED) is 0.398. The first kappa shape index (κ1) is 24.9. The Bertz CT molecular complexity index is 1160. The maximum atomic E-state index is 12.6. The molecule has 0 fully saturated rings. The van der Waals surface area contributed by atoms with Crippen LogP contribution >= 0.6 is 11.8 Å². The summed E-state index contributed by atoms with van der Waals surface area (Å²) in [5.74, 6) is 0.938. The van der Waals surface area contributed by atoms with Crippen molar-refractivity contribution in [2.75, 3.05) is 24.7 Å². The number of hydrogen-bond acceptors (Lipinski definition) is 7. The number of nitrogens with one attached hydrogen (secondary N) is 1. The molecule has 3 aromatic rings. The molecule has 176 valence electrons. The van der Waals surface area contributed by atoms with Gasteiger partial charge in [0.15, 0.2) is 0 Å². The Morgan fingerprint density at radius 3 is 2.39 bits per heavy atom. The lowest BCUT2D eigenvalue weighted by Crippen LogP contribution is -2.28. The molecule has 1 amide bonds. The highest BCUT2D eigenvalue weighted by Gasteiger charge is 2.21. The molecule has 0 bridgehead atoms. The molecule has 1 aromatic heterocycles. The van der Waals surface area contributed by atoms with Gasteiger partial charge < -0.3 is 4.42 Å². The fourth-order valence-corrected chi connectivity index (χ4v) is 4.92. The van der Waals surface area contributed by atoms with E-state index in [1.165, 1.54) is 33.5 Å². The van der Waals surface area contributed by atoms with Crippen molar-refractivity contribution >= 4 is 33.7 Å². The maximum Gasteiger partial charge on any atom is 0.322 e. The molecule has 8 nitrogen and oxygen atoms in total. The minimum atomic E-state index is -3.59. The van der Waals surface area contributed by atoms with Gasteiger partial charge in [0.1, 0.15) is 0 Å². The fraction of sp³-hybridized carbons (Fsp3) is 0.348. The van der Waals surface area contributed by atoms with Crippen LogP contribution in [0, 0.1) is 0 Å². The third kappa shape index (κ3) is 6.66. The first-order valence-electron chi connectivity index (χ1n) is 10.7. The predicted octanol–water partition coefficient (Wildman–Crippen LogP) is 4.45. The van der Waals surface area contributed by atoms with Gasteiger partial charge >= 0.3 is 6.01 Å². The second-order valence-corrected chi connectivity index (χ2v) is 10.8. The van der Waals surface area contributed by atoms with Crippen LogP contribution in [0.15, 0.2) is 62.7 Å². The molecular formula is C23H28N4O4S2. The minimum Gasteiger partial charge on any atom is -0.407 e. The van der Waals surface area contributed by atoms with Gasteiger partial charge in [0.2, 0.25) is 15.9 Å². The molecule has 0 aliphatic heterocycles. The standard InChI is InChI=1S/C23H28N4O4S2/c1-4-6-15-27(3)33(29,30)20-13-9-18(10-14-20)22(28)24-23-26-25-21(31-23)16-17-7-11-19(12-8-17)32-5-2/h7-14H,4-6,15-16H2,1-3H3,(H,24,26,28). The Balaban J connectivity index is 1.61. The summed E-state index contributed by atoms with van der Waals surface area (Å²) < 4.78 is 32.1. The summed E-state index contributed by atoms with van der Waals surface area (Å²) in [5, 5.41) is 10.4. The van der Waals surface area contributed by atoms with Crippen molar-refractivity contribution in [2.24, 2.45) is 0 Å². The van der Waals surface area contributed by atoms with Gasteiger partial charge in [-0.25, -0.2) is 12.7 Å². The van der Waals surface area contributed by atoms with Gasteiger partial charge in [-0.2, -0.15) is 0 Å². The van der Waals surface area contributed by atoms with Gasteiger partial charge in [-0.05, 0) is 54.1 Å². The zero-order valence-electron chi connectivity index (χ0n) is 18.9. The molecule has 0 radical (unpaired) electrons. The van der Waals surface area contributed by atoms with Gasteiger partial charge in [-0.1, -0.05) is 37.5 Å². The largest absolute Gasteiger partial charge is 0.407 e. The van der Waals surface area contributed by atoms with Gasteiger partial charge in [-0.3, -0.25) is 10.1 Å². The van der Waals surface area contributed by atoms with E-state index in [-0.39, 0.29) is 16.5 Å². The Hall–Kier alpha value is -2.69. The molecule has 2 aromatic carbocycles. The lowest BCUT2D eigenvalue weighted by molar-refractivity contribution is 0.102. The molecule has 3 rings (SSSR count). The summed E-state index contributed by atoms with van der Waals surface area (Å²) in [6.45, 7) is 4.56. The van der Waals surface area contributed by atoms with Crippen molar-refractivity contribution in [1.29, 1.82) is 0 Å². The molecule has 0 aliphatic rings. The molecule has 1 heterocycles. The summed E-state index contributed by atoms with van der Waals surface area (Å²) in [6.07, 6.45) is 2.14. The van der Waals surface area contributed by atoms with E-state index in [0.29, 0.717) is 18.9 Å². The number of carbonyl (C=O) groups excluding carboxylic acids is 1. The van der Waals surface area contributed by atoms with Crippen LogP contribution in [0.4, 0.5) is 6.01 Å². The van der Waals surface area contributed by atoms with Crippen molar-refractivity contribution < 1.29 is 17.6 Å². The van der Waals surface area contributed by atoms with Gasteiger partial charge in [-0.15, -0.1) is 16.9 Å². The molecule has 0 unspecified atom stereocenters. The summed E-state index contributed by atoms with van der Waals surface area (Å²) in [4.78, 5) is 13.9. The Kier molecular flexibility index (Phi) is 8.65. The molecule has 1 N–H and O–H groups in total. The first-order valence-corrected chi connectivity index (χ1v) is 13.2. The normalized spacial score (nSPS) is 11.6. The van der Waals surface area contributed by atoms with Crippen LogP contribution in [0.25, 0.3) is 0 Å². The lowest BCUT2D eigenvalue weighted by atomic mass is 10.1. The fourth-order valence-electron chi connectivity index (χ4n) is 3.05. The molecular weight excluding hydrogens is 460 g/mol. The van der Waals surface area contributed by atoms with Crippen molar-refractivity contribution in [3.05, 3.63) is 65.5 Å². The van der Waals surface area contributed by atoms with Gasteiger partial charge in [0.25, 0.3) is 5.91 Å². The maximum absolute atomic E-state index is 12.6. The van der Waals surface area contributed by atoms with Crippen molar-refractivity contribution in [2.45, 2.75) is 42.9 Å². The molecule has 0 saturated carbocycles. The zero-order chi connectivity index (χ0) is 23.8. The van der Waals surface area contributed by atoms with E-state index < -0.39 is 15.9 Å². The second-order valence-electron chi connectivity index (χ2n) is 7.41. The van der Waals surface area contributed by atoms with Gasteiger partial charge in [0, 0.05) is 24.1 Å². The summed E-state index contributed by atoms with van der Waals surface area (Å²) in [6, 6.07) is 13.9. The summed E-state index contributed by atoms with van der Waals surface area (Å²) in [7, 11) is -2.03. The topological polar surface area (TPSA) is 105 Å². The van der Waals surface area contributed by atoms with E-state index in [4.69, 9.17) is 4.42 Å². The molecule has 0 aliphatic carbocycles. The number of aromatic nitrogens is 2. The smallest absolute Gasteiger partial charge is 0.322 e. The SMILES string of the molecule is CCCCN(C)S(=O)(=O)c1ccc(C(=O)Nc2nnc(Cc3ccc(SCC)cc3)o2)cc1. The number of benzene rings is 2. The van der Waals surface area contributed by atoms with Crippen LogP contribution in [0.1, 0.15) is 48.5 Å². The summed E-state index contributed by atoms with van der Waals surface area (Å²) in [5.41, 5.74) is 1.31. The average Bonchev–Trinajstić information content (AvgIpc) is 3.25. The molecule has 10 heteroatoms. The first-order chi connectivity index (χ1) is 15.8. The monoisotopic (exact) mass is 488 g/mol. The van der Waals surface area contributed by atoms with Crippen LogP contribution in [-0.4, -0.2) is 48.2 Å². The highest BCUT2D eigenvalue weighted by atomic mass is 32.2. The Morgan fingerprint density at radius 1 is 1.06 bits per heavy atom. The number of rotatable bonds is 11. The third-order valence-electron chi connectivity index (χ3n) is 4.93. The van der Waals surface area contributed by atoms with Crippen LogP contribution in [0.5, 0.6) is 0 Å².